The molecule has 1 saturated heterocycles. The van der Waals surface area contributed by atoms with E-state index in [0.29, 0.717) is 22.9 Å². The zero-order chi connectivity index (χ0) is 11.7. The first-order valence-electron chi connectivity index (χ1n) is 5.31. The van der Waals surface area contributed by atoms with Gasteiger partial charge in [0.05, 0.1) is 11.7 Å². The van der Waals surface area contributed by atoms with Crippen LogP contribution in [0.3, 0.4) is 0 Å². The summed E-state index contributed by atoms with van der Waals surface area (Å²) in [6.45, 7) is 0. The fraction of sp³-hybridized carbons (Fsp3) is 0.700. The lowest BCUT2D eigenvalue weighted by Crippen LogP contribution is -2.41. The smallest absolute Gasteiger partial charge is 0.306 e. The molecule has 0 spiro atoms. The molecule has 1 saturated carbocycles. The Bertz CT molecular complexity index is 321. The third-order valence-corrected chi connectivity index (χ3v) is 4.58. The zero-order valence-electron chi connectivity index (χ0n) is 8.72. The Labute approximate surface area is 103 Å². The number of carboxylic acids is 1. The van der Waals surface area contributed by atoms with Crippen LogP contribution < -0.4 is 0 Å². The van der Waals surface area contributed by atoms with Crippen molar-refractivity contribution in [3.63, 3.8) is 0 Å². The van der Waals surface area contributed by atoms with E-state index in [1.165, 1.54) is 11.8 Å². The first-order valence-corrected chi connectivity index (χ1v) is 6.70. The lowest BCUT2D eigenvalue weighted by Gasteiger charge is -2.32. The zero-order valence-corrected chi connectivity index (χ0v) is 10.4. The van der Waals surface area contributed by atoms with Crippen molar-refractivity contribution in [2.75, 3.05) is 5.75 Å². The first-order chi connectivity index (χ1) is 7.59. The first kappa shape index (κ1) is 11.9. The van der Waals surface area contributed by atoms with Crippen LogP contribution in [0.1, 0.15) is 25.7 Å². The summed E-state index contributed by atoms with van der Waals surface area (Å²) in [7, 11) is 0. The fourth-order valence-corrected chi connectivity index (χ4v) is 3.50. The molecule has 0 aromatic rings. The topological polar surface area (TPSA) is 57.6 Å². The molecule has 0 bridgehead atoms. The van der Waals surface area contributed by atoms with Gasteiger partial charge in [-0.05, 0) is 25.7 Å². The Morgan fingerprint density at radius 2 is 2.00 bits per heavy atom. The Morgan fingerprint density at radius 3 is 2.44 bits per heavy atom. The Hall–Kier alpha value is -0.620. The molecule has 2 aliphatic rings. The van der Waals surface area contributed by atoms with Crippen LogP contribution in [-0.4, -0.2) is 38.0 Å². The van der Waals surface area contributed by atoms with Crippen LogP contribution in [0.5, 0.6) is 0 Å². The molecule has 0 aromatic carbocycles. The molecular formula is C10H13NO3S2. The summed E-state index contributed by atoms with van der Waals surface area (Å²) in [5.41, 5.74) is 0. The molecule has 1 N–H and O–H groups in total. The monoisotopic (exact) mass is 259 g/mol. The highest BCUT2D eigenvalue weighted by Gasteiger charge is 2.36. The average molecular weight is 259 g/mol. The number of carbonyl (C=O) groups excluding carboxylic acids is 1. The number of rotatable bonds is 2. The Morgan fingerprint density at radius 1 is 1.38 bits per heavy atom. The number of thioether (sulfide) groups is 1. The van der Waals surface area contributed by atoms with E-state index in [9.17, 15) is 9.59 Å². The van der Waals surface area contributed by atoms with Crippen LogP contribution in [-0.2, 0) is 9.59 Å². The number of amides is 1. The van der Waals surface area contributed by atoms with E-state index in [4.69, 9.17) is 17.3 Å². The molecular weight excluding hydrogens is 246 g/mol. The lowest BCUT2D eigenvalue weighted by atomic mass is 9.85. The number of carbonyl (C=O) groups is 2. The second-order valence-corrected chi connectivity index (χ2v) is 5.77. The molecule has 1 heterocycles. The van der Waals surface area contributed by atoms with Crippen LogP contribution in [0.2, 0.25) is 0 Å². The van der Waals surface area contributed by atoms with Crippen LogP contribution in [0.15, 0.2) is 0 Å². The predicted molar refractivity (Wildman–Crippen MR) is 65.3 cm³/mol. The summed E-state index contributed by atoms with van der Waals surface area (Å²) >= 11 is 6.54. The van der Waals surface area contributed by atoms with Crippen LogP contribution in [0.25, 0.3) is 0 Å². The maximum Gasteiger partial charge on any atom is 0.306 e. The average Bonchev–Trinajstić information content (AvgIpc) is 2.59. The molecule has 88 valence electrons. The van der Waals surface area contributed by atoms with E-state index in [-0.39, 0.29) is 17.9 Å². The van der Waals surface area contributed by atoms with Crippen molar-refractivity contribution < 1.29 is 14.7 Å². The highest BCUT2D eigenvalue weighted by Crippen LogP contribution is 2.32. The molecule has 2 rings (SSSR count). The van der Waals surface area contributed by atoms with E-state index < -0.39 is 5.97 Å². The van der Waals surface area contributed by atoms with E-state index in [1.807, 2.05) is 0 Å². The molecule has 0 aromatic heterocycles. The third kappa shape index (κ3) is 2.22. The molecule has 6 heteroatoms. The second-order valence-electron chi connectivity index (χ2n) is 4.16. The van der Waals surface area contributed by atoms with Gasteiger partial charge in [-0.15, -0.1) is 0 Å². The maximum absolute atomic E-state index is 11.6. The van der Waals surface area contributed by atoms with Gasteiger partial charge in [0, 0.05) is 6.04 Å². The van der Waals surface area contributed by atoms with Gasteiger partial charge in [0.2, 0.25) is 5.91 Å². The van der Waals surface area contributed by atoms with Gasteiger partial charge in [-0.3, -0.25) is 14.5 Å². The molecule has 16 heavy (non-hydrogen) atoms. The SMILES string of the molecule is O=C(O)C1CCC(N2C(=O)CSC2=S)CC1. The number of thiocarbonyl (C=S) groups is 1. The quantitative estimate of drug-likeness (QED) is 0.761. The lowest BCUT2D eigenvalue weighted by molar-refractivity contribution is -0.143. The molecule has 1 aliphatic carbocycles. The summed E-state index contributed by atoms with van der Waals surface area (Å²) in [5, 5.41) is 8.88. The standard InChI is InChI=1S/C10H13NO3S2/c12-8-5-16-10(15)11(8)7-3-1-6(2-4-7)9(13)14/h6-7H,1-5H2,(H,13,14). The number of carboxylic acid groups (broad SMARTS) is 1. The van der Waals surface area contributed by atoms with Crippen LogP contribution in [0, 0.1) is 5.92 Å². The van der Waals surface area contributed by atoms with Crippen molar-refractivity contribution >= 4 is 40.2 Å². The molecule has 0 unspecified atom stereocenters. The second kappa shape index (κ2) is 4.71. The molecule has 0 atom stereocenters. The normalized spacial score (nSPS) is 30.9. The van der Waals surface area contributed by atoms with Crippen LogP contribution in [0.4, 0.5) is 0 Å². The van der Waals surface area contributed by atoms with Gasteiger partial charge in [-0.2, -0.15) is 0 Å². The van der Waals surface area contributed by atoms with Gasteiger partial charge < -0.3 is 5.11 Å². The summed E-state index contributed by atoms with van der Waals surface area (Å²) in [6.07, 6.45) is 2.81. The molecule has 0 radical (unpaired) electrons. The van der Waals surface area contributed by atoms with E-state index in [0.717, 1.165) is 12.8 Å². The van der Waals surface area contributed by atoms with E-state index >= 15 is 0 Å². The molecule has 4 nitrogen and oxygen atoms in total. The summed E-state index contributed by atoms with van der Waals surface area (Å²) < 4.78 is 0.656. The minimum atomic E-state index is -0.719. The van der Waals surface area contributed by atoms with Gasteiger partial charge in [-0.25, -0.2) is 0 Å². The van der Waals surface area contributed by atoms with Gasteiger partial charge in [0.1, 0.15) is 4.32 Å². The van der Waals surface area contributed by atoms with Crippen molar-refractivity contribution in [1.82, 2.24) is 4.90 Å². The maximum atomic E-state index is 11.6. The summed E-state index contributed by atoms with van der Waals surface area (Å²) in [6, 6.07) is 0.130. The fourth-order valence-electron chi connectivity index (χ4n) is 2.30. The van der Waals surface area contributed by atoms with E-state index in [2.05, 4.69) is 0 Å². The third-order valence-electron chi connectivity index (χ3n) is 3.20. The van der Waals surface area contributed by atoms with Crippen molar-refractivity contribution in [1.29, 1.82) is 0 Å². The van der Waals surface area contributed by atoms with Gasteiger partial charge in [0.15, 0.2) is 0 Å². The number of hydrogen-bond acceptors (Lipinski definition) is 4. The van der Waals surface area contributed by atoms with Crippen molar-refractivity contribution in [2.24, 2.45) is 5.92 Å². The largest absolute Gasteiger partial charge is 0.481 e. The molecule has 2 fully saturated rings. The van der Waals surface area contributed by atoms with Crippen LogP contribution >= 0.6 is 24.0 Å². The van der Waals surface area contributed by atoms with Gasteiger partial charge >= 0.3 is 5.97 Å². The Kier molecular flexibility index (Phi) is 3.49. The summed E-state index contributed by atoms with van der Waals surface area (Å²) in [5.74, 6) is -0.440. The molecule has 1 amide bonds. The van der Waals surface area contributed by atoms with Gasteiger partial charge in [-0.1, -0.05) is 24.0 Å². The van der Waals surface area contributed by atoms with Crippen molar-refractivity contribution in [3.8, 4) is 0 Å². The number of hydrogen-bond donors (Lipinski definition) is 1. The highest BCUT2D eigenvalue weighted by molar-refractivity contribution is 8.23. The number of nitrogens with zero attached hydrogens (tertiary/aromatic N) is 1. The van der Waals surface area contributed by atoms with Crippen molar-refractivity contribution in [2.45, 2.75) is 31.7 Å². The highest BCUT2D eigenvalue weighted by atomic mass is 32.2. The Balaban J connectivity index is 1.96. The minimum Gasteiger partial charge on any atom is -0.481 e. The molecule has 1 aliphatic heterocycles. The predicted octanol–water partition coefficient (Wildman–Crippen LogP) is 1.49. The number of aliphatic carboxylic acids is 1. The minimum absolute atomic E-state index is 0.0776. The summed E-state index contributed by atoms with van der Waals surface area (Å²) in [4.78, 5) is 24.1. The van der Waals surface area contributed by atoms with E-state index in [1.54, 1.807) is 4.90 Å². The van der Waals surface area contributed by atoms with Crippen molar-refractivity contribution in [3.05, 3.63) is 0 Å². The van der Waals surface area contributed by atoms with Gasteiger partial charge in [0.25, 0.3) is 0 Å².